The van der Waals surface area contributed by atoms with Gasteiger partial charge in [-0.1, -0.05) is 51.8 Å². The van der Waals surface area contributed by atoms with E-state index in [9.17, 15) is 0 Å². The lowest BCUT2D eigenvalue weighted by atomic mass is 10.0. The first kappa shape index (κ1) is 14.7. The Labute approximate surface area is 132 Å². The summed E-state index contributed by atoms with van der Waals surface area (Å²) < 4.78 is 0.991. The highest BCUT2D eigenvalue weighted by Gasteiger charge is 2.08. The second kappa shape index (κ2) is 6.63. The average Bonchev–Trinajstić information content (AvgIpc) is 2.39. The lowest BCUT2D eigenvalue weighted by Crippen LogP contribution is -2.26. The molecule has 3 nitrogen and oxygen atoms in total. The number of halogens is 1. The lowest BCUT2D eigenvalue weighted by Gasteiger charge is -2.09. The molecule has 0 saturated carbocycles. The van der Waals surface area contributed by atoms with Gasteiger partial charge in [-0.05, 0) is 37.3 Å². The molecule has 0 spiro atoms. The van der Waals surface area contributed by atoms with E-state index < -0.39 is 0 Å². The first-order chi connectivity index (χ1) is 9.56. The van der Waals surface area contributed by atoms with Gasteiger partial charge in [0.25, 0.3) is 0 Å². The molecule has 0 unspecified atom stereocenters. The van der Waals surface area contributed by atoms with Crippen LogP contribution < -0.4 is 11.2 Å². The third kappa shape index (κ3) is 3.88. The summed E-state index contributed by atoms with van der Waals surface area (Å²) in [4.78, 5) is 0. The van der Waals surface area contributed by atoms with E-state index in [1.54, 1.807) is 0 Å². The Morgan fingerprint density at radius 2 is 1.80 bits per heavy atom. The van der Waals surface area contributed by atoms with Crippen molar-refractivity contribution in [2.75, 3.05) is 0 Å². The summed E-state index contributed by atoms with van der Waals surface area (Å²) >= 11 is 8.29. The number of aryl methyl sites for hydroxylation is 1. The van der Waals surface area contributed by atoms with Crippen LogP contribution in [0.3, 0.4) is 0 Å². The minimum atomic E-state index is 0.144. The largest absolute Gasteiger partial charge is 0.375 e. The Hall–Kier alpha value is -1.72. The molecule has 0 aromatic heterocycles. The van der Waals surface area contributed by atoms with Gasteiger partial charge in [-0.15, -0.1) is 0 Å². The fourth-order valence-electron chi connectivity index (χ4n) is 1.83. The third-order valence-corrected chi connectivity index (χ3v) is 3.25. The molecular formula is C15H14BrN3S. The van der Waals surface area contributed by atoms with Gasteiger partial charge in [0.15, 0.2) is 5.11 Å². The molecular weight excluding hydrogens is 334 g/mol. The van der Waals surface area contributed by atoms with E-state index in [4.69, 9.17) is 18.0 Å². The number of nitrogens with zero attached hydrogens (tertiary/aromatic N) is 1. The zero-order chi connectivity index (χ0) is 14.5. The number of hydrogen-bond donors (Lipinski definition) is 2. The van der Waals surface area contributed by atoms with Gasteiger partial charge in [-0.3, -0.25) is 5.43 Å². The molecule has 0 aliphatic carbocycles. The molecule has 2 rings (SSSR count). The maximum atomic E-state index is 5.46. The van der Waals surface area contributed by atoms with E-state index in [-0.39, 0.29) is 5.11 Å². The molecule has 0 aliphatic heterocycles. The minimum absolute atomic E-state index is 0.144. The number of thiocarbonyl (C=S) groups is 1. The lowest BCUT2D eigenvalue weighted by molar-refractivity contribution is 1.03. The Bertz CT molecular complexity index is 620. The van der Waals surface area contributed by atoms with Crippen LogP contribution in [0.25, 0.3) is 0 Å². The first-order valence-corrected chi connectivity index (χ1v) is 7.22. The Kier molecular flexibility index (Phi) is 4.87. The highest BCUT2D eigenvalue weighted by atomic mass is 79.9. The predicted octanol–water partition coefficient (Wildman–Crippen LogP) is 3.34. The molecule has 2 aromatic carbocycles. The maximum absolute atomic E-state index is 5.46. The number of rotatable bonds is 3. The minimum Gasteiger partial charge on any atom is -0.375 e. The summed E-state index contributed by atoms with van der Waals surface area (Å²) in [6.07, 6.45) is 0. The van der Waals surface area contributed by atoms with Crippen LogP contribution in [-0.4, -0.2) is 10.8 Å². The summed E-state index contributed by atoms with van der Waals surface area (Å²) in [5, 5.41) is 4.47. The van der Waals surface area contributed by atoms with Crippen molar-refractivity contribution in [3.8, 4) is 0 Å². The molecule has 5 heteroatoms. The van der Waals surface area contributed by atoms with Crippen LogP contribution in [0.15, 0.2) is 58.1 Å². The molecule has 3 N–H and O–H groups in total. The Morgan fingerprint density at radius 1 is 1.15 bits per heavy atom. The van der Waals surface area contributed by atoms with Gasteiger partial charge in [0.1, 0.15) is 0 Å². The molecule has 0 aliphatic rings. The van der Waals surface area contributed by atoms with Gasteiger partial charge < -0.3 is 5.73 Å². The van der Waals surface area contributed by atoms with Crippen molar-refractivity contribution in [2.24, 2.45) is 10.8 Å². The summed E-state index contributed by atoms with van der Waals surface area (Å²) in [6.45, 7) is 2.04. The van der Waals surface area contributed by atoms with Crippen LogP contribution in [0.2, 0.25) is 0 Å². The standard InChI is InChI=1S/C15H14BrN3S/c1-10-4-2-5-11(8-10)14(18-19-15(17)20)12-6-3-7-13(16)9-12/h2-9H,1H3,(H3,17,19,20)/b18-14-. The number of nitrogens with one attached hydrogen (secondary N) is 1. The van der Waals surface area contributed by atoms with Crippen LogP contribution in [0.5, 0.6) is 0 Å². The second-order valence-electron chi connectivity index (χ2n) is 4.32. The first-order valence-electron chi connectivity index (χ1n) is 6.02. The Balaban J connectivity index is 2.50. The highest BCUT2D eigenvalue weighted by Crippen LogP contribution is 2.17. The third-order valence-electron chi connectivity index (χ3n) is 2.67. The smallest absolute Gasteiger partial charge is 0.184 e. The van der Waals surface area contributed by atoms with Crippen LogP contribution in [0.4, 0.5) is 0 Å². The van der Waals surface area contributed by atoms with E-state index in [0.29, 0.717) is 0 Å². The van der Waals surface area contributed by atoms with Crippen molar-refractivity contribution >= 4 is 39.0 Å². The fraction of sp³-hybridized carbons (Fsp3) is 0.0667. The average molecular weight is 348 g/mol. The zero-order valence-electron chi connectivity index (χ0n) is 10.9. The summed E-state index contributed by atoms with van der Waals surface area (Å²) in [7, 11) is 0. The van der Waals surface area contributed by atoms with Crippen molar-refractivity contribution in [3.63, 3.8) is 0 Å². The van der Waals surface area contributed by atoms with Gasteiger partial charge in [-0.2, -0.15) is 5.10 Å². The molecule has 0 radical (unpaired) electrons. The molecule has 102 valence electrons. The van der Waals surface area contributed by atoms with Gasteiger partial charge in [-0.25, -0.2) is 0 Å². The molecule has 20 heavy (non-hydrogen) atoms. The molecule has 0 amide bonds. The van der Waals surface area contributed by atoms with Gasteiger partial charge >= 0.3 is 0 Å². The van der Waals surface area contributed by atoms with Crippen LogP contribution >= 0.6 is 28.1 Å². The molecule has 0 atom stereocenters. The van der Waals surface area contributed by atoms with Gasteiger partial charge in [0, 0.05) is 15.6 Å². The second-order valence-corrected chi connectivity index (χ2v) is 5.67. The van der Waals surface area contributed by atoms with Crippen molar-refractivity contribution in [2.45, 2.75) is 6.92 Å². The number of hydrazone groups is 1. The van der Waals surface area contributed by atoms with Crippen molar-refractivity contribution in [3.05, 3.63) is 69.7 Å². The normalized spacial score (nSPS) is 11.2. The van der Waals surface area contributed by atoms with Gasteiger partial charge in [0.05, 0.1) is 5.71 Å². The number of nitrogens with two attached hydrogens (primary N) is 1. The van der Waals surface area contributed by atoms with E-state index in [1.807, 2.05) is 49.4 Å². The predicted molar refractivity (Wildman–Crippen MR) is 90.9 cm³/mol. The number of benzene rings is 2. The topological polar surface area (TPSA) is 50.4 Å². The molecule has 0 fully saturated rings. The van der Waals surface area contributed by atoms with E-state index in [2.05, 4.69) is 32.5 Å². The van der Waals surface area contributed by atoms with E-state index in [0.717, 1.165) is 21.3 Å². The number of hydrogen-bond acceptors (Lipinski definition) is 2. The molecule has 0 heterocycles. The van der Waals surface area contributed by atoms with Crippen LogP contribution in [0, 0.1) is 6.92 Å². The summed E-state index contributed by atoms with van der Waals surface area (Å²) in [6, 6.07) is 16.1. The summed E-state index contributed by atoms with van der Waals surface area (Å²) in [5.74, 6) is 0. The fourth-order valence-corrected chi connectivity index (χ4v) is 2.28. The maximum Gasteiger partial charge on any atom is 0.184 e. The quantitative estimate of drug-likeness (QED) is 0.508. The molecule has 0 bridgehead atoms. The molecule has 2 aromatic rings. The van der Waals surface area contributed by atoms with Crippen molar-refractivity contribution < 1.29 is 0 Å². The summed E-state index contributed by atoms with van der Waals surface area (Å²) in [5.41, 5.74) is 12.1. The highest BCUT2D eigenvalue weighted by molar-refractivity contribution is 9.10. The van der Waals surface area contributed by atoms with E-state index >= 15 is 0 Å². The molecule has 0 saturated heterocycles. The SMILES string of the molecule is Cc1cccc(/C(=N/NC(N)=S)c2cccc(Br)c2)c1. The van der Waals surface area contributed by atoms with Gasteiger partial charge in [0.2, 0.25) is 0 Å². The van der Waals surface area contributed by atoms with Crippen LogP contribution in [0.1, 0.15) is 16.7 Å². The Morgan fingerprint density at radius 3 is 2.40 bits per heavy atom. The van der Waals surface area contributed by atoms with Crippen molar-refractivity contribution in [1.82, 2.24) is 5.43 Å². The van der Waals surface area contributed by atoms with E-state index in [1.165, 1.54) is 5.56 Å². The monoisotopic (exact) mass is 347 g/mol. The van der Waals surface area contributed by atoms with Crippen LogP contribution in [-0.2, 0) is 0 Å². The zero-order valence-corrected chi connectivity index (χ0v) is 13.3. The van der Waals surface area contributed by atoms with Crippen molar-refractivity contribution in [1.29, 1.82) is 0 Å².